The van der Waals surface area contributed by atoms with Crippen LogP contribution in [0.1, 0.15) is 16.7 Å². The van der Waals surface area contributed by atoms with Gasteiger partial charge < -0.3 is 9.84 Å². The van der Waals surface area contributed by atoms with Crippen LogP contribution in [0.15, 0.2) is 36.7 Å². The normalized spacial score (nSPS) is 14.7. The zero-order valence-electron chi connectivity index (χ0n) is 11.1. The lowest BCUT2D eigenvalue weighted by atomic mass is 9.99. The molecule has 3 nitrogen and oxygen atoms in total. The summed E-state index contributed by atoms with van der Waals surface area (Å²) >= 11 is 6.12. The molecule has 1 aliphatic rings. The van der Waals surface area contributed by atoms with E-state index in [1.165, 1.54) is 0 Å². The first-order valence-electron chi connectivity index (χ1n) is 6.73. The molecule has 0 radical (unpaired) electrons. The maximum Gasteiger partial charge on any atom is 0.126 e. The molecular formula is C16H16ClNO2. The number of aliphatic hydroxyl groups is 1. The summed E-state index contributed by atoms with van der Waals surface area (Å²) in [6.45, 7) is 0.696. The van der Waals surface area contributed by atoms with Crippen LogP contribution in [0.5, 0.6) is 5.75 Å². The fourth-order valence-corrected chi connectivity index (χ4v) is 2.88. The lowest BCUT2D eigenvalue weighted by molar-refractivity contribution is 0.174. The van der Waals surface area contributed by atoms with E-state index in [1.807, 2.05) is 24.3 Å². The van der Waals surface area contributed by atoms with E-state index in [1.54, 1.807) is 12.4 Å². The van der Waals surface area contributed by atoms with Gasteiger partial charge in [-0.25, -0.2) is 0 Å². The Hall–Kier alpha value is -1.58. The molecule has 0 aliphatic carbocycles. The van der Waals surface area contributed by atoms with Crippen LogP contribution >= 0.6 is 11.6 Å². The molecule has 0 fully saturated rings. The molecule has 104 valence electrons. The van der Waals surface area contributed by atoms with Crippen LogP contribution < -0.4 is 4.74 Å². The SMILES string of the molecule is OC(Cc1cccnc1)Cc1cc(Cl)cc2c1OCC2. The number of aliphatic hydroxyl groups excluding tert-OH is 1. The smallest absolute Gasteiger partial charge is 0.126 e. The molecule has 2 heterocycles. The Balaban J connectivity index is 1.75. The van der Waals surface area contributed by atoms with Gasteiger partial charge in [-0.15, -0.1) is 0 Å². The highest BCUT2D eigenvalue weighted by Crippen LogP contribution is 2.33. The number of nitrogens with zero attached hydrogens (tertiary/aromatic N) is 1. The Labute approximate surface area is 123 Å². The highest BCUT2D eigenvalue weighted by atomic mass is 35.5. The van der Waals surface area contributed by atoms with Gasteiger partial charge in [0.05, 0.1) is 12.7 Å². The molecule has 1 N–H and O–H groups in total. The van der Waals surface area contributed by atoms with Crippen LogP contribution in [0.25, 0.3) is 0 Å². The Kier molecular flexibility index (Phi) is 3.90. The number of ether oxygens (including phenoxy) is 1. The fraction of sp³-hybridized carbons (Fsp3) is 0.312. The Morgan fingerprint density at radius 3 is 3.05 bits per heavy atom. The minimum atomic E-state index is -0.467. The number of aromatic nitrogens is 1. The van der Waals surface area contributed by atoms with Crippen molar-refractivity contribution in [3.8, 4) is 5.75 Å². The minimum absolute atomic E-state index is 0.467. The monoisotopic (exact) mass is 289 g/mol. The standard InChI is InChI=1S/C16H16ClNO2/c17-14-7-12-3-5-20-16(12)13(8-14)9-15(19)6-11-2-1-4-18-10-11/h1-2,4,7-8,10,15,19H,3,5-6,9H2. The summed E-state index contributed by atoms with van der Waals surface area (Å²) in [6, 6.07) is 7.68. The summed E-state index contributed by atoms with van der Waals surface area (Å²) in [6.07, 6.45) is 5.05. The molecule has 1 atom stereocenters. The van der Waals surface area contributed by atoms with Crippen molar-refractivity contribution in [3.63, 3.8) is 0 Å². The largest absolute Gasteiger partial charge is 0.493 e. The predicted molar refractivity (Wildman–Crippen MR) is 78.3 cm³/mol. The van der Waals surface area contributed by atoms with Gasteiger partial charge in [-0.2, -0.15) is 0 Å². The zero-order valence-corrected chi connectivity index (χ0v) is 11.8. The third-order valence-corrected chi connectivity index (χ3v) is 3.69. The van der Waals surface area contributed by atoms with Crippen molar-refractivity contribution in [3.05, 3.63) is 58.4 Å². The second-order valence-electron chi connectivity index (χ2n) is 5.07. The summed E-state index contributed by atoms with van der Waals surface area (Å²) < 4.78 is 5.65. The van der Waals surface area contributed by atoms with Crippen LogP contribution in [-0.2, 0) is 19.3 Å². The lowest BCUT2D eigenvalue weighted by Gasteiger charge is -2.14. The quantitative estimate of drug-likeness (QED) is 0.941. The van der Waals surface area contributed by atoms with Crippen molar-refractivity contribution < 1.29 is 9.84 Å². The van der Waals surface area contributed by atoms with Crippen molar-refractivity contribution in [2.45, 2.75) is 25.4 Å². The molecule has 0 saturated heterocycles. The van der Waals surface area contributed by atoms with Crippen LogP contribution in [-0.4, -0.2) is 22.8 Å². The fourth-order valence-electron chi connectivity index (χ4n) is 2.61. The number of halogens is 1. The summed E-state index contributed by atoms with van der Waals surface area (Å²) in [5.74, 6) is 0.902. The van der Waals surface area contributed by atoms with E-state index >= 15 is 0 Å². The van der Waals surface area contributed by atoms with Crippen molar-refractivity contribution in [2.24, 2.45) is 0 Å². The van der Waals surface area contributed by atoms with Crippen molar-refractivity contribution in [2.75, 3.05) is 6.61 Å². The Morgan fingerprint density at radius 2 is 2.25 bits per heavy atom. The molecule has 0 saturated carbocycles. The van der Waals surface area contributed by atoms with Crippen LogP contribution in [0.3, 0.4) is 0 Å². The average molecular weight is 290 g/mol. The van der Waals surface area contributed by atoms with E-state index in [-0.39, 0.29) is 0 Å². The van der Waals surface area contributed by atoms with Crippen LogP contribution in [0.4, 0.5) is 0 Å². The zero-order chi connectivity index (χ0) is 13.9. The molecule has 1 unspecified atom stereocenters. The summed E-state index contributed by atoms with van der Waals surface area (Å²) in [7, 11) is 0. The van der Waals surface area contributed by atoms with E-state index in [2.05, 4.69) is 4.98 Å². The van der Waals surface area contributed by atoms with Gasteiger partial charge in [-0.3, -0.25) is 4.98 Å². The van der Waals surface area contributed by atoms with Gasteiger partial charge in [0, 0.05) is 36.7 Å². The van der Waals surface area contributed by atoms with Gasteiger partial charge in [0.1, 0.15) is 5.75 Å². The first-order chi connectivity index (χ1) is 9.72. The highest BCUT2D eigenvalue weighted by Gasteiger charge is 2.19. The van der Waals surface area contributed by atoms with E-state index in [0.29, 0.717) is 24.5 Å². The number of hydrogen-bond donors (Lipinski definition) is 1. The molecular weight excluding hydrogens is 274 g/mol. The lowest BCUT2D eigenvalue weighted by Crippen LogP contribution is -2.14. The minimum Gasteiger partial charge on any atom is -0.493 e. The molecule has 4 heteroatoms. The first kappa shape index (κ1) is 13.4. The summed E-state index contributed by atoms with van der Waals surface area (Å²) in [5.41, 5.74) is 3.15. The predicted octanol–water partition coefficient (Wildman–Crippen LogP) is 2.82. The van der Waals surface area contributed by atoms with Gasteiger partial charge in [-0.05, 0) is 34.9 Å². The van der Waals surface area contributed by atoms with Crippen molar-refractivity contribution >= 4 is 11.6 Å². The number of hydrogen-bond acceptors (Lipinski definition) is 3. The third-order valence-electron chi connectivity index (χ3n) is 3.47. The molecule has 0 spiro atoms. The number of rotatable bonds is 4. The molecule has 2 aromatic rings. The Morgan fingerprint density at radius 1 is 1.35 bits per heavy atom. The van der Waals surface area contributed by atoms with Crippen LogP contribution in [0.2, 0.25) is 5.02 Å². The third kappa shape index (κ3) is 2.94. The summed E-state index contributed by atoms with van der Waals surface area (Å²) in [5, 5.41) is 11.0. The van der Waals surface area contributed by atoms with E-state index in [4.69, 9.17) is 16.3 Å². The Bertz CT molecular complexity index is 601. The number of pyridine rings is 1. The first-order valence-corrected chi connectivity index (χ1v) is 7.11. The molecule has 20 heavy (non-hydrogen) atoms. The van der Waals surface area contributed by atoms with E-state index in [9.17, 15) is 5.11 Å². The maximum atomic E-state index is 10.3. The molecule has 0 bridgehead atoms. The second-order valence-corrected chi connectivity index (χ2v) is 5.51. The summed E-state index contributed by atoms with van der Waals surface area (Å²) in [4.78, 5) is 4.06. The van der Waals surface area contributed by atoms with Crippen molar-refractivity contribution in [1.82, 2.24) is 4.98 Å². The molecule has 1 aromatic heterocycles. The molecule has 0 amide bonds. The van der Waals surface area contributed by atoms with Gasteiger partial charge in [-0.1, -0.05) is 17.7 Å². The van der Waals surface area contributed by atoms with Gasteiger partial charge in [0.25, 0.3) is 0 Å². The van der Waals surface area contributed by atoms with E-state index < -0.39 is 6.10 Å². The number of fused-ring (bicyclic) bond motifs is 1. The second kappa shape index (κ2) is 5.81. The van der Waals surface area contributed by atoms with Gasteiger partial charge in [0.2, 0.25) is 0 Å². The van der Waals surface area contributed by atoms with Crippen LogP contribution in [0, 0.1) is 0 Å². The van der Waals surface area contributed by atoms with Gasteiger partial charge in [0.15, 0.2) is 0 Å². The molecule has 1 aliphatic heterocycles. The molecule has 1 aromatic carbocycles. The topological polar surface area (TPSA) is 42.4 Å². The van der Waals surface area contributed by atoms with Crippen molar-refractivity contribution in [1.29, 1.82) is 0 Å². The highest BCUT2D eigenvalue weighted by molar-refractivity contribution is 6.30. The average Bonchev–Trinajstić information content (AvgIpc) is 2.88. The number of benzene rings is 1. The molecule has 3 rings (SSSR count). The van der Waals surface area contributed by atoms with Gasteiger partial charge >= 0.3 is 0 Å². The van der Waals surface area contributed by atoms with E-state index in [0.717, 1.165) is 28.9 Å². The maximum absolute atomic E-state index is 10.3.